The summed E-state index contributed by atoms with van der Waals surface area (Å²) in [6.45, 7) is 4.15. The first-order valence-electron chi connectivity index (χ1n) is 4.89. The molecule has 0 saturated carbocycles. The molecule has 4 heteroatoms. The van der Waals surface area contributed by atoms with Crippen molar-refractivity contribution in [2.24, 2.45) is 0 Å². The van der Waals surface area contributed by atoms with E-state index in [0.29, 0.717) is 17.1 Å². The van der Waals surface area contributed by atoms with E-state index >= 15 is 0 Å². The summed E-state index contributed by atoms with van der Waals surface area (Å²) in [4.78, 5) is 0. The first-order chi connectivity index (χ1) is 6.96. The van der Waals surface area contributed by atoms with Gasteiger partial charge >= 0.3 is 0 Å². The average Bonchev–Trinajstić information content (AvgIpc) is 2.12. The molecule has 0 saturated heterocycles. The Kier molecular flexibility index (Phi) is 3.83. The fraction of sp³-hybridized carbons (Fsp3) is 0.455. The third kappa shape index (κ3) is 3.29. The van der Waals surface area contributed by atoms with Crippen LogP contribution in [0.15, 0.2) is 18.2 Å². The molecule has 15 heavy (non-hydrogen) atoms. The van der Waals surface area contributed by atoms with Crippen molar-refractivity contribution >= 4 is 23.0 Å². The summed E-state index contributed by atoms with van der Waals surface area (Å²) in [5, 5.41) is 12.7. The molecule has 0 radical (unpaired) electrons. The normalized spacial score (nSPS) is 11.5. The zero-order valence-electron chi connectivity index (χ0n) is 9.05. The van der Waals surface area contributed by atoms with Gasteiger partial charge in [0.2, 0.25) is 0 Å². The molecule has 1 aromatic rings. The topological polar surface area (TPSA) is 58.3 Å². The van der Waals surface area contributed by atoms with Crippen LogP contribution in [0.5, 0.6) is 0 Å². The molecule has 1 aromatic carbocycles. The quantitative estimate of drug-likeness (QED) is 0.694. The molecule has 0 aliphatic rings. The zero-order valence-corrected chi connectivity index (χ0v) is 9.80. The number of nitrogens with two attached hydrogens (primary N) is 1. The highest BCUT2D eigenvalue weighted by atomic mass is 35.5. The summed E-state index contributed by atoms with van der Waals surface area (Å²) < 4.78 is 0. The van der Waals surface area contributed by atoms with Gasteiger partial charge in [0.05, 0.1) is 16.4 Å². The molecular formula is C11H17ClN2O. The van der Waals surface area contributed by atoms with Crippen LogP contribution in [-0.2, 0) is 0 Å². The average molecular weight is 229 g/mol. The van der Waals surface area contributed by atoms with Crippen molar-refractivity contribution in [2.45, 2.75) is 25.8 Å². The van der Waals surface area contributed by atoms with Crippen LogP contribution in [0.25, 0.3) is 0 Å². The number of hydrogen-bond acceptors (Lipinski definition) is 3. The molecular weight excluding hydrogens is 212 g/mol. The second-order valence-corrected chi connectivity index (χ2v) is 4.59. The maximum absolute atomic E-state index is 8.91. The number of anilines is 2. The van der Waals surface area contributed by atoms with Crippen LogP contribution in [0.4, 0.5) is 11.4 Å². The van der Waals surface area contributed by atoms with Crippen LogP contribution in [-0.4, -0.2) is 17.3 Å². The Labute approximate surface area is 95.2 Å². The van der Waals surface area contributed by atoms with E-state index in [0.717, 1.165) is 5.69 Å². The molecule has 4 N–H and O–H groups in total. The van der Waals surface area contributed by atoms with Gasteiger partial charge in [0, 0.05) is 12.1 Å². The van der Waals surface area contributed by atoms with Gasteiger partial charge in [0.1, 0.15) is 0 Å². The minimum Gasteiger partial charge on any atom is -0.396 e. The fourth-order valence-electron chi connectivity index (χ4n) is 1.35. The SMILES string of the molecule is CC(C)(CCO)Nc1cccc(Cl)c1N. The molecule has 1 rings (SSSR count). The van der Waals surface area contributed by atoms with Gasteiger partial charge in [-0.05, 0) is 32.4 Å². The Balaban J connectivity index is 2.85. The third-order valence-corrected chi connectivity index (χ3v) is 2.59. The molecule has 0 heterocycles. The Bertz CT molecular complexity index is 339. The van der Waals surface area contributed by atoms with Crippen LogP contribution in [0.3, 0.4) is 0 Å². The second-order valence-electron chi connectivity index (χ2n) is 4.18. The van der Waals surface area contributed by atoms with Gasteiger partial charge in [-0.15, -0.1) is 0 Å². The van der Waals surface area contributed by atoms with Crippen molar-refractivity contribution in [1.82, 2.24) is 0 Å². The molecule has 84 valence electrons. The Morgan fingerprint density at radius 2 is 2.13 bits per heavy atom. The van der Waals surface area contributed by atoms with Gasteiger partial charge < -0.3 is 16.2 Å². The first kappa shape index (κ1) is 12.1. The lowest BCUT2D eigenvalue weighted by Crippen LogP contribution is -2.32. The summed E-state index contributed by atoms with van der Waals surface area (Å²) in [6, 6.07) is 5.47. The van der Waals surface area contributed by atoms with Crippen molar-refractivity contribution in [3.63, 3.8) is 0 Å². The van der Waals surface area contributed by atoms with Gasteiger partial charge in [-0.1, -0.05) is 17.7 Å². The number of halogens is 1. The number of aliphatic hydroxyl groups excluding tert-OH is 1. The molecule has 0 amide bonds. The van der Waals surface area contributed by atoms with E-state index < -0.39 is 0 Å². The van der Waals surface area contributed by atoms with E-state index in [4.69, 9.17) is 22.4 Å². The largest absolute Gasteiger partial charge is 0.396 e. The van der Waals surface area contributed by atoms with Gasteiger partial charge in [0.15, 0.2) is 0 Å². The van der Waals surface area contributed by atoms with Crippen molar-refractivity contribution < 1.29 is 5.11 Å². The molecule has 3 nitrogen and oxygen atoms in total. The summed E-state index contributed by atoms with van der Waals surface area (Å²) in [6.07, 6.45) is 0.652. The lowest BCUT2D eigenvalue weighted by Gasteiger charge is -2.27. The van der Waals surface area contributed by atoms with Crippen molar-refractivity contribution in [3.8, 4) is 0 Å². The first-order valence-corrected chi connectivity index (χ1v) is 5.27. The van der Waals surface area contributed by atoms with Crippen LogP contribution in [0.1, 0.15) is 20.3 Å². The molecule has 0 aliphatic heterocycles. The Hall–Kier alpha value is -0.930. The minimum absolute atomic E-state index is 0.139. The van der Waals surface area contributed by atoms with Gasteiger partial charge in [-0.25, -0.2) is 0 Å². The summed E-state index contributed by atoms with van der Waals surface area (Å²) >= 11 is 5.91. The molecule has 0 aliphatic carbocycles. The molecule has 0 atom stereocenters. The Morgan fingerprint density at radius 1 is 1.47 bits per heavy atom. The standard InChI is InChI=1S/C11H17ClN2O/c1-11(2,6-7-15)14-9-5-3-4-8(12)10(9)13/h3-5,14-15H,6-7,13H2,1-2H3. The van der Waals surface area contributed by atoms with Gasteiger partial charge in [-0.2, -0.15) is 0 Å². The number of rotatable bonds is 4. The zero-order chi connectivity index (χ0) is 11.5. The van der Waals surface area contributed by atoms with Crippen LogP contribution >= 0.6 is 11.6 Å². The number of nitrogens with one attached hydrogen (secondary N) is 1. The van der Waals surface area contributed by atoms with Crippen molar-refractivity contribution in [1.29, 1.82) is 0 Å². The fourth-order valence-corrected chi connectivity index (χ4v) is 1.53. The van der Waals surface area contributed by atoms with Gasteiger partial charge in [-0.3, -0.25) is 0 Å². The number of para-hydroxylation sites is 1. The molecule has 0 bridgehead atoms. The lowest BCUT2D eigenvalue weighted by molar-refractivity contribution is 0.261. The molecule has 0 fully saturated rings. The summed E-state index contributed by atoms with van der Waals surface area (Å²) in [7, 11) is 0. The number of benzene rings is 1. The van der Waals surface area contributed by atoms with E-state index in [1.54, 1.807) is 6.07 Å². The van der Waals surface area contributed by atoms with Gasteiger partial charge in [0.25, 0.3) is 0 Å². The second kappa shape index (κ2) is 4.73. The number of hydrogen-bond donors (Lipinski definition) is 3. The summed E-state index contributed by atoms with van der Waals surface area (Å²) in [5.41, 5.74) is 6.98. The summed E-state index contributed by atoms with van der Waals surface area (Å²) in [5.74, 6) is 0. The minimum atomic E-state index is -0.201. The predicted molar refractivity (Wildman–Crippen MR) is 65.3 cm³/mol. The predicted octanol–water partition coefficient (Wildman–Crippen LogP) is 2.50. The molecule has 0 spiro atoms. The van der Waals surface area contributed by atoms with E-state index in [1.165, 1.54) is 0 Å². The van der Waals surface area contributed by atoms with E-state index in [-0.39, 0.29) is 12.1 Å². The lowest BCUT2D eigenvalue weighted by atomic mass is 10.0. The highest BCUT2D eigenvalue weighted by Crippen LogP contribution is 2.29. The Morgan fingerprint density at radius 3 is 2.73 bits per heavy atom. The smallest absolute Gasteiger partial charge is 0.0739 e. The number of nitrogen functional groups attached to an aromatic ring is 1. The van der Waals surface area contributed by atoms with Crippen LogP contribution in [0.2, 0.25) is 5.02 Å². The number of aliphatic hydroxyl groups is 1. The van der Waals surface area contributed by atoms with E-state index in [2.05, 4.69) is 5.32 Å². The molecule has 0 aromatic heterocycles. The highest BCUT2D eigenvalue weighted by molar-refractivity contribution is 6.33. The van der Waals surface area contributed by atoms with E-state index in [9.17, 15) is 0 Å². The van der Waals surface area contributed by atoms with Crippen LogP contribution < -0.4 is 11.1 Å². The maximum Gasteiger partial charge on any atom is 0.0739 e. The van der Waals surface area contributed by atoms with E-state index in [1.807, 2.05) is 26.0 Å². The van der Waals surface area contributed by atoms with Crippen LogP contribution in [0, 0.1) is 0 Å². The van der Waals surface area contributed by atoms with Crippen molar-refractivity contribution in [2.75, 3.05) is 17.7 Å². The van der Waals surface area contributed by atoms with Crippen molar-refractivity contribution in [3.05, 3.63) is 23.2 Å². The monoisotopic (exact) mass is 228 g/mol. The molecule has 0 unspecified atom stereocenters. The third-order valence-electron chi connectivity index (χ3n) is 2.26. The maximum atomic E-state index is 8.91. The highest BCUT2D eigenvalue weighted by Gasteiger charge is 2.17.